The Morgan fingerprint density at radius 2 is 1.57 bits per heavy atom. The van der Waals surface area contributed by atoms with Crippen molar-refractivity contribution in [2.75, 3.05) is 5.32 Å². The van der Waals surface area contributed by atoms with Crippen molar-refractivity contribution in [1.29, 1.82) is 10.5 Å². The van der Waals surface area contributed by atoms with Crippen molar-refractivity contribution in [3.63, 3.8) is 0 Å². The Bertz CT molecular complexity index is 1160. The number of halogens is 1. The van der Waals surface area contributed by atoms with Crippen LogP contribution in [0.5, 0.6) is 0 Å². The number of ketones is 1. The number of benzene rings is 3. The molecule has 2 atom stereocenters. The lowest BCUT2D eigenvalue weighted by molar-refractivity contribution is -0.131. The summed E-state index contributed by atoms with van der Waals surface area (Å²) in [7, 11) is 0. The Morgan fingerprint density at radius 1 is 0.933 bits per heavy atom. The van der Waals surface area contributed by atoms with Gasteiger partial charge in [-0.15, -0.1) is 0 Å². The topological polar surface area (TPSA) is 93.8 Å². The highest BCUT2D eigenvalue weighted by Gasteiger charge is 2.40. The number of hydrogen-bond acceptors (Lipinski definition) is 4. The molecular weight excluding hydrogens is 381 g/mol. The lowest BCUT2D eigenvalue weighted by Gasteiger charge is -2.26. The zero-order chi connectivity index (χ0) is 21.7. The van der Waals surface area contributed by atoms with Crippen LogP contribution in [-0.2, 0) is 9.59 Å². The van der Waals surface area contributed by atoms with Gasteiger partial charge in [-0.1, -0.05) is 42.5 Å². The first-order valence-electron chi connectivity index (χ1n) is 9.30. The van der Waals surface area contributed by atoms with E-state index in [2.05, 4.69) is 5.32 Å². The summed E-state index contributed by atoms with van der Waals surface area (Å²) in [6.45, 7) is 1.26. The van der Waals surface area contributed by atoms with Crippen LogP contribution >= 0.6 is 0 Å². The van der Waals surface area contributed by atoms with Crippen LogP contribution in [0, 0.1) is 40.3 Å². The van der Waals surface area contributed by atoms with E-state index < -0.39 is 35.3 Å². The van der Waals surface area contributed by atoms with Gasteiger partial charge in [0.2, 0.25) is 5.91 Å². The molecule has 0 heterocycles. The van der Waals surface area contributed by atoms with Crippen LogP contribution in [0.1, 0.15) is 18.4 Å². The van der Waals surface area contributed by atoms with Gasteiger partial charge in [-0.2, -0.15) is 10.5 Å². The van der Waals surface area contributed by atoms with Gasteiger partial charge in [-0.3, -0.25) is 9.59 Å². The fourth-order valence-corrected chi connectivity index (χ4v) is 3.64. The molecule has 1 N–H and O–H groups in total. The van der Waals surface area contributed by atoms with Gasteiger partial charge in [-0.05, 0) is 47.5 Å². The molecule has 3 rings (SSSR count). The molecule has 148 valence electrons. The number of anilines is 1. The van der Waals surface area contributed by atoms with Gasteiger partial charge in [0, 0.05) is 11.6 Å². The average Bonchev–Trinajstić information content (AvgIpc) is 2.75. The van der Waals surface area contributed by atoms with Gasteiger partial charge >= 0.3 is 0 Å². The first-order chi connectivity index (χ1) is 14.5. The van der Waals surface area contributed by atoms with E-state index in [0.717, 1.165) is 10.8 Å². The van der Waals surface area contributed by atoms with E-state index in [1.54, 1.807) is 12.1 Å². The fraction of sp³-hybridized carbons (Fsp3) is 0.167. The molecule has 0 aliphatic carbocycles. The number of fused-ring (bicyclic) bond motifs is 1. The minimum absolute atomic E-state index is 0.315. The van der Waals surface area contributed by atoms with Crippen molar-refractivity contribution >= 4 is 28.2 Å². The van der Waals surface area contributed by atoms with Gasteiger partial charge in [0.05, 0.1) is 12.1 Å². The average molecular weight is 399 g/mol. The third-order valence-electron chi connectivity index (χ3n) is 5.01. The molecule has 3 aromatic rings. The van der Waals surface area contributed by atoms with E-state index >= 15 is 0 Å². The number of nitriles is 2. The van der Waals surface area contributed by atoms with Crippen molar-refractivity contribution < 1.29 is 14.0 Å². The quantitative estimate of drug-likeness (QED) is 0.615. The summed E-state index contributed by atoms with van der Waals surface area (Å²) in [6, 6.07) is 21.8. The van der Waals surface area contributed by atoms with Gasteiger partial charge in [-0.25, -0.2) is 4.39 Å². The molecule has 0 unspecified atom stereocenters. The van der Waals surface area contributed by atoms with Crippen molar-refractivity contribution in [3.05, 3.63) is 78.1 Å². The number of hydrogen-bond donors (Lipinski definition) is 1. The Morgan fingerprint density at radius 3 is 2.20 bits per heavy atom. The molecule has 0 radical (unpaired) electrons. The number of carbonyl (C=O) groups excluding carboxylic acids is 2. The maximum atomic E-state index is 13.2. The molecule has 0 saturated carbocycles. The number of amides is 1. The summed E-state index contributed by atoms with van der Waals surface area (Å²) in [5.74, 6) is -5.04. The van der Waals surface area contributed by atoms with Crippen LogP contribution in [0.3, 0.4) is 0 Å². The third kappa shape index (κ3) is 4.19. The summed E-state index contributed by atoms with van der Waals surface area (Å²) in [4.78, 5) is 25.7. The molecule has 6 heteroatoms. The van der Waals surface area contributed by atoms with Crippen LogP contribution in [-0.4, -0.2) is 11.7 Å². The monoisotopic (exact) mass is 399 g/mol. The molecule has 0 aliphatic rings. The Labute approximate surface area is 173 Å². The summed E-state index contributed by atoms with van der Waals surface area (Å²) < 4.78 is 13.2. The number of nitrogens with zero attached hydrogens (tertiary/aromatic N) is 2. The van der Waals surface area contributed by atoms with E-state index in [-0.39, 0.29) is 0 Å². The summed E-state index contributed by atoms with van der Waals surface area (Å²) in [6.07, 6.45) is 0. The predicted molar refractivity (Wildman–Crippen MR) is 111 cm³/mol. The maximum absolute atomic E-state index is 13.2. The van der Waals surface area contributed by atoms with Crippen LogP contribution in [0.4, 0.5) is 10.1 Å². The van der Waals surface area contributed by atoms with Crippen LogP contribution in [0.15, 0.2) is 66.7 Å². The smallest absolute Gasteiger partial charge is 0.235 e. The molecule has 0 saturated heterocycles. The second kappa shape index (κ2) is 8.98. The molecule has 0 bridgehead atoms. The van der Waals surface area contributed by atoms with Crippen molar-refractivity contribution in [2.45, 2.75) is 12.8 Å². The van der Waals surface area contributed by atoms with Crippen molar-refractivity contribution in [3.8, 4) is 12.1 Å². The normalized spacial score (nSPS) is 12.6. The standard InChI is InChI=1S/C24H18FN3O2/c1-15(29)22(24(30)28-19-11-9-18(25)10-12-19)23(17(13-26)14-27)21-8-4-6-16-5-2-3-7-20(16)21/h2-12,17,22-23H,1H3,(H,28,30)/t22-,23-/m0/s1. The maximum Gasteiger partial charge on any atom is 0.235 e. The molecule has 1 amide bonds. The largest absolute Gasteiger partial charge is 0.325 e. The van der Waals surface area contributed by atoms with Crippen LogP contribution in [0.2, 0.25) is 0 Å². The van der Waals surface area contributed by atoms with Crippen molar-refractivity contribution in [2.24, 2.45) is 11.8 Å². The number of nitrogens with one attached hydrogen (secondary N) is 1. The molecular formula is C24H18FN3O2. The molecule has 30 heavy (non-hydrogen) atoms. The highest BCUT2D eigenvalue weighted by atomic mass is 19.1. The lowest BCUT2D eigenvalue weighted by atomic mass is 9.74. The molecule has 0 aromatic heterocycles. The van der Waals surface area contributed by atoms with E-state index in [9.17, 15) is 24.5 Å². The highest BCUT2D eigenvalue weighted by molar-refractivity contribution is 6.08. The van der Waals surface area contributed by atoms with Crippen LogP contribution in [0.25, 0.3) is 10.8 Å². The van der Waals surface area contributed by atoms with Gasteiger partial charge in [0.1, 0.15) is 23.4 Å². The number of rotatable bonds is 6. The number of Topliss-reactive ketones (excluding diaryl/α,β-unsaturated/α-hetero) is 1. The molecule has 0 spiro atoms. The zero-order valence-electron chi connectivity index (χ0n) is 16.2. The molecule has 0 aliphatic heterocycles. The zero-order valence-corrected chi connectivity index (χ0v) is 16.2. The van der Waals surface area contributed by atoms with Crippen molar-refractivity contribution in [1.82, 2.24) is 0 Å². The Kier molecular flexibility index (Phi) is 6.20. The minimum atomic E-state index is -1.27. The Hall–Kier alpha value is -4.03. The van der Waals surface area contributed by atoms with E-state index in [4.69, 9.17) is 0 Å². The predicted octanol–water partition coefficient (Wildman–Crippen LogP) is 4.57. The summed E-state index contributed by atoms with van der Waals surface area (Å²) >= 11 is 0. The Balaban J connectivity index is 2.11. The van der Waals surface area contributed by atoms with Gasteiger partial charge in [0.25, 0.3) is 0 Å². The van der Waals surface area contributed by atoms with E-state index in [0.29, 0.717) is 11.3 Å². The van der Waals surface area contributed by atoms with Gasteiger partial charge < -0.3 is 5.32 Å². The number of carbonyl (C=O) groups is 2. The first-order valence-corrected chi connectivity index (χ1v) is 9.30. The summed E-state index contributed by atoms with van der Waals surface area (Å²) in [5.41, 5.74) is 0.894. The fourth-order valence-electron chi connectivity index (χ4n) is 3.64. The first kappa shape index (κ1) is 20.7. The highest BCUT2D eigenvalue weighted by Crippen LogP contribution is 2.37. The van der Waals surface area contributed by atoms with Gasteiger partial charge in [0.15, 0.2) is 0 Å². The van der Waals surface area contributed by atoms with E-state index in [1.165, 1.54) is 31.2 Å². The SMILES string of the molecule is CC(=O)[C@H](C(=O)Nc1ccc(F)cc1)[C@H](c1cccc2ccccc12)C(C#N)C#N. The molecule has 0 fully saturated rings. The second-order valence-electron chi connectivity index (χ2n) is 6.91. The molecule has 3 aromatic carbocycles. The summed E-state index contributed by atoms with van der Waals surface area (Å²) in [5, 5.41) is 23.5. The van der Waals surface area contributed by atoms with Crippen LogP contribution < -0.4 is 5.32 Å². The second-order valence-corrected chi connectivity index (χ2v) is 6.91. The lowest BCUT2D eigenvalue weighted by Crippen LogP contribution is -2.36. The minimum Gasteiger partial charge on any atom is -0.325 e. The molecule has 5 nitrogen and oxygen atoms in total. The van der Waals surface area contributed by atoms with E-state index in [1.807, 2.05) is 42.5 Å². The third-order valence-corrected chi connectivity index (χ3v) is 5.01.